The number of aryl methyl sites for hydroxylation is 2. The van der Waals surface area contributed by atoms with E-state index < -0.39 is 5.60 Å². The number of nitrogens with zero attached hydrogens (tertiary/aromatic N) is 1. The fraction of sp³-hybridized carbons (Fsp3) is 0.438. The number of benzene rings is 1. The van der Waals surface area contributed by atoms with Crippen molar-refractivity contribution >= 4 is 11.3 Å². The quantitative estimate of drug-likeness (QED) is 0.902. The first-order valence-corrected chi connectivity index (χ1v) is 7.53. The number of rotatable bonds is 4. The van der Waals surface area contributed by atoms with Crippen molar-refractivity contribution in [3.8, 4) is 10.6 Å². The molecule has 1 heterocycles. The van der Waals surface area contributed by atoms with Gasteiger partial charge in [0.25, 0.3) is 0 Å². The van der Waals surface area contributed by atoms with Crippen molar-refractivity contribution in [3.05, 3.63) is 40.4 Å². The number of hydrogen-bond donors (Lipinski definition) is 1. The van der Waals surface area contributed by atoms with E-state index in [0.29, 0.717) is 0 Å². The van der Waals surface area contributed by atoms with Crippen LogP contribution in [0.5, 0.6) is 0 Å². The van der Waals surface area contributed by atoms with Gasteiger partial charge in [-0.15, -0.1) is 11.3 Å². The minimum Gasteiger partial charge on any atom is -0.385 e. The number of aromatic nitrogens is 1. The topological polar surface area (TPSA) is 33.1 Å². The van der Waals surface area contributed by atoms with E-state index >= 15 is 0 Å². The molecule has 3 heteroatoms. The highest BCUT2D eigenvalue weighted by Crippen LogP contribution is 2.35. The first-order valence-electron chi connectivity index (χ1n) is 6.71. The van der Waals surface area contributed by atoms with Gasteiger partial charge in [-0.3, -0.25) is 0 Å². The van der Waals surface area contributed by atoms with Crippen molar-refractivity contribution in [2.45, 2.75) is 46.1 Å². The van der Waals surface area contributed by atoms with E-state index in [4.69, 9.17) is 4.98 Å². The maximum atomic E-state index is 10.3. The lowest BCUT2D eigenvalue weighted by atomic mass is 10.0. The summed E-state index contributed by atoms with van der Waals surface area (Å²) in [6.45, 7) is 7.89. The van der Waals surface area contributed by atoms with E-state index in [1.807, 2.05) is 13.8 Å². The minimum absolute atomic E-state index is 0.815. The summed E-state index contributed by atoms with van der Waals surface area (Å²) in [5.74, 6) is 0. The summed E-state index contributed by atoms with van der Waals surface area (Å²) in [4.78, 5) is 5.73. The fourth-order valence-corrected chi connectivity index (χ4v) is 3.25. The molecule has 0 bridgehead atoms. The predicted molar refractivity (Wildman–Crippen MR) is 81.5 cm³/mol. The lowest BCUT2D eigenvalue weighted by molar-refractivity contribution is 0.0813. The van der Waals surface area contributed by atoms with Crippen LogP contribution in [0.1, 0.15) is 43.3 Å². The Labute approximate surface area is 119 Å². The summed E-state index contributed by atoms with van der Waals surface area (Å²) in [5, 5.41) is 11.3. The van der Waals surface area contributed by atoms with Gasteiger partial charge in [-0.25, -0.2) is 4.98 Å². The molecule has 0 unspecified atom stereocenters. The van der Waals surface area contributed by atoms with Crippen LogP contribution in [0, 0.1) is 6.92 Å². The molecule has 0 aliphatic heterocycles. The average Bonchev–Trinajstić information content (AvgIpc) is 2.73. The van der Waals surface area contributed by atoms with Gasteiger partial charge in [0.1, 0.15) is 5.01 Å². The highest BCUT2D eigenvalue weighted by molar-refractivity contribution is 7.15. The van der Waals surface area contributed by atoms with Crippen molar-refractivity contribution in [2.24, 2.45) is 0 Å². The van der Waals surface area contributed by atoms with Crippen LogP contribution >= 0.6 is 11.3 Å². The third-order valence-corrected chi connectivity index (χ3v) is 4.46. The van der Waals surface area contributed by atoms with Crippen LogP contribution in [0.3, 0.4) is 0 Å². The van der Waals surface area contributed by atoms with Crippen LogP contribution in [0.15, 0.2) is 24.3 Å². The smallest absolute Gasteiger partial charge is 0.123 e. The highest BCUT2D eigenvalue weighted by Gasteiger charge is 2.24. The highest BCUT2D eigenvalue weighted by atomic mass is 32.1. The maximum absolute atomic E-state index is 10.3. The molecule has 0 aliphatic rings. The molecule has 0 radical (unpaired) electrons. The van der Waals surface area contributed by atoms with Gasteiger partial charge in [0, 0.05) is 5.56 Å². The zero-order valence-corrected chi connectivity index (χ0v) is 12.8. The Morgan fingerprint density at radius 1 is 1.32 bits per heavy atom. The van der Waals surface area contributed by atoms with Crippen LogP contribution in [-0.2, 0) is 12.0 Å². The Morgan fingerprint density at radius 3 is 2.63 bits per heavy atom. The van der Waals surface area contributed by atoms with Crippen LogP contribution in [0.2, 0.25) is 0 Å². The molecule has 0 amide bonds. The molecule has 0 fully saturated rings. The van der Waals surface area contributed by atoms with E-state index in [9.17, 15) is 5.11 Å². The summed E-state index contributed by atoms with van der Waals surface area (Å²) in [6.07, 6.45) is 1.96. The van der Waals surface area contributed by atoms with Gasteiger partial charge in [0.05, 0.1) is 16.2 Å². The molecule has 102 valence electrons. The van der Waals surface area contributed by atoms with E-state index in [1.165, 1.54) is 5.56 Å². The van der Waals surface area contributed by atoms with Gasteiger partial charge < -0.3 is 5.11 Å². The molecule has 2 rings (SSSR count). The summed E-state index contributed by atoms with van der Waals surface area (Å²) in [5.41, 5.74) is 2.59. The normalized spacial score (nSPS) is 11.8. The molecule has 19 heavy (non-hydrogen) atoms. The Bertz CT molecular complexity index is 566. The molecule has 1 aromatic heterocycles. The monoisotopic (exact) mass is 275 g/mol. The van der Waals surface area contributed by atoms with Crippen molar-refractivity contribution < 1.29 is 5.11 Å². The average molecular weight is 275 g/mol. The van der Waals surface area contributed by atoms with Gasteiger partial charge in [-0.05, 0) is 33.3 Å². The molecule has 0 saturated heterocycles. The van der Waals surface area contributed by atoms with E-state index in [-0.39, 0.29) is 0 Å². The number of aliphatic hydroxyl groups is 1. The summed E-state index contributed by atoms with van der Waals surface area (Å²) < 4.78 is 0. The molecule has 2 aromatic rings. The largest absolute Gasteiger partial charge is 0.385 e. The van der Waals surface area contributed by atoms with Crippen molar-refractivity contribution in [1.82, 2.24) is 4.98 Å². The second kappa shape index (κ2) is 5.43. The van der Waals surface area contributed by atoms with Crippen molar-refractivity contribution in [1.29, 1.82) is 0 Å². The summed E-state index contributed by atoms with van der Waals surface area (Å²) in [7, 11) is 0. The van der Waals surface area contributed by atoms with Crippen LogP contribution in [-0.4, -0.2) is 10.1 Å². The molecule has 1 N–H and O–H groups in total. The van der Waals surface area contributed by atoms with Gasteiger partial charge in [-0.1, -0.05) is 37.1 Å². The Morgan fingerprint density at radius 2 is 2.05 bits per heavy atom. The van der Waals surface area contributed by atoms with Gasteiger partial charge in [-0.2, -0.15) is 0 Å². The fourth-order valence-electron chi connectivity index (χ4n) is 2.14. The molecule has 0 aliphatic carbocycles. The minimum atomic E-state index is -0.815. The molecule has 2 nitrogen and oxygen atoms in total. The van der Waals surface area contributed by atoms with Crippen LogP contribution in [0.25, 0.3) is 10.6 Å². The molecule has 0 saturated carbocycles. The third kappa shape index (κ3) is 3.23. The van der Waals surface area contributed by atoms with Crippen LogP contribution < -0.4 is 0 Å². The standard InChI is InChI=1S/C16H21NOS/c1-5-7-13-14(16(3,4)18)19-15(17-13)12-9-6-8-11(2)10-12/h6,8-10,18H,5,7H2,1-4H3. The lowest BCUT2D eigenvalue weighted by Crippen LogP contribution is -2.15. The molecule has 0 spiro atoms. The Balaban J connectivity index is 2.48. The second-order valence-corrected chi connectivity index (χ2v) is 6.47. The molecule has 1 aromatic carbocycles. The van der Waals surface area contributed by atoms with E-state index in [2.05, 4.69) is 38.1 Å². The predicted octanol–water partition coefficient (Wildman–Crippen LogP) is 4.30. The van der Waals surface area contributed by atoms with Gasteiger partial charge >= 0.3 is 0 Å². The second-order valence-electron chi connectivity index (χ2n) is 5.47. The Kier molecular flexibility index (Phi) is 4.07. The van der Waals surface area contributed by atoms with E-state index in [1.54, 1.807) is 11.3 Å². The first kappa shape index (κ1) is 14.2. The molecular formula is C16H21NOS. The Hall–Kier alpha value is -1.19. The summed E-state index contributed by atoms with van der Waals surface area (Å²) in [6, 6.07) is 8.36. The summed E-state index contributed by atoms with van der Waals surface area (Å²) >= 11 is 1.61. The zero-order valence-electron chi connectivity index (χ0n) is 12.0. The van der Waals surface area contributed by atoms with Crippen LogP contribution in [0.4, 0.5) is 0 Å². The molecular weight excluding hydrogens is 254 g/mol. The SMILES string of the molecule is CCCc1nc(-c2cccc(C)c2)sc1C(C)(C)O. The van der Waals surface area contributed by atoms with Crippen molar-refractivity contribution in [3.63, 3.8) is 0 Å². The van der Waals surface area contributed by atoms with Gasteiger partial charge in [0.2, 0.25) is 0 Å². The van der Waals surface area contributed by atoms with Gasteiger partial charge in [0.15, 0.2) is 0 Å². The number of hydrogen-bond acceptors (Lipinski definition) is 3. The molecule has 0 atom stereocenters. The number of thiazole rings is 1. The zero-order chi connectivity index (χ0) is 14.0. The van der Waals surface area contributed by atoms with E-state index in [0.717, 1.165) is 34.0 Å². The van der Waals surface area contributed by atoms with Crippen molar-refractivity contribution in [2.75, 3.05) is 0 Å². The maximum Gasteiger partial charge on any atom is 0.123 e. The lowest BCUT2D eigenvalue weighted by Gasteiger charge is -2.16. The third-order valence-electron chi connectivity index (χ3n) is 3.00. The first-order chi connectivity index (χ1) is 8.91.